The summed E-state index contributed by atoms with van der Waals surface area (Å²) in [5.74, 6) is 1.51. The van der Waals surface area contributed by atoms with Gasteiger partial charge in [-0.2, -0.15) is 0 Å². The van der Waals surface area contributed by atoms with Crippen molar-refractivity contribution >= 4 is 5.69 Å². The fourth-order valence-corrected chi connectivity index (χ4v) is 3.20. The Morgan fingerprint density at radius 2 is 1.89 bits per heavy atom. The average Bonchev–Trinajstić information content (AvgIpc) is 2.53. The lowest BCUT2D eigenvalue weighted by atomic mass is 9.89. The summed E-state index contributed by atoms with van der Waals surface area (Å²) in [4.78, 5) is 0. The lowest BCUT2D eigenvalue weighted by molar-refractivity contribution is 0.341. The molecule has 1 saturated carbocycles. The summed E-state index contributed by atoms with van der Waals surface area (Å²) in [6.45, 7) is 6.60. The first-order chi connectivity index (χ1) is 9.04. The van der Waals surface area contributed by atoms with E-state index in [0.717, 1.165) is 23.1 Å². The molecule has 2 unspecified atom stereocenters. The molecule has 2 heteroatoms. The Balaban J connectivity index is 1.95. The Labute approximate surface area is 116 Å². The minimum atomic E-state index is -0.142. The molecular weight excluding hydrogens is 237 g/mol. The summed E-state index contributed by atoms with van der Waals surface area (Å²) in [5, 5.41) is 3.52. The fraction of sp³-hybridized carbons (Fsp3) is 0.647. The number of benzene rings is 1. The van der Waals surface area contributed by atoms with Crippen LogP contribution < -0.4 is 5.32 Å². The van der Waals surface area contributed by atoms with Crippen molar-refractivity contribution in [3.8, 4) is 0 Å². The zero-order chi connectivity index (χ0) is 13.8. The third-order valence-electron chi connectivity index (χ3n) is 4.37. The van der Waals surface area contributed by atoms with Crippen molar-refractivity contribution in [2.24, 2.45) is 11.8 Å². The number of hydrogen-bond donors (Lipinski definition) is 1. The lowest BCUT2D eigenvalue weighted by Gasteiger charge is -2.20. The molecule has 2 atom stereocenters. The van der Waals surface area contributed by atoms with Crippen molar-refractivity contribution in [1.82, 2.24) is 0 Å². The van der Waals surface area contributed by atoms with E-state index in [4.69, 9.17) is 0 Å². The number of anilines is 1. The van der Waals surface area contributed by atoms with Gasteiger partial charge in [0.2, 0.25) is 0 Å². The van der Waals surface area contributed by atoms with Crippen LogP contribution in [0.5, 0.6) is 0 Å². The molecule has 0 bridgehead atoms. The van der Waals surface area contributed by atoms with Crippen molar-refractivity contribution in [1.29, 1.82) is 0 Å². The molecule has 1 aromatic carbocycles. The molecule has 2 rings (SSSR count). The Kier molecular flexibility index (Phi) is 4.84. The van der Waals surface area contributed by atoms with Crippen LogP contribution in [-0.2, 0) is 0 Å². The molecule has 0 aromatic heterocycles. The maximum atomic E-state index is 13.4. The molecule has 19 heavy (non-hydrogen) atoms. The molecule has 1 fully saturated rings. The summed E-state index contributed by atoms with van der Waals surface area (Å²) < 4.78 is 13.4. The Morgan fingerprint density at radius 1 is 1.11 bits per heavy atom. The minimum Gasteiger partial charge on any atom is -0.382 e. The lowest BCUT2D eigenvalue weighted by Crippen LogP contribution is -2.19. The van der Waals surface area contributed by atoms with Gasteiger partial charge in [0.05, 0.1) is 0 Å². The van der Waals surface area contributed by atoms with E-state index in [1.807, 2.05) is 13.0 Å². The second-order valence-corrected chi connectivity index (χ2v) is 6.37. The van der Waals surface area contributed by atoms with E-state index < -0.39 is 0 Å². The topological polar surface area (TPSA) is 12.0 Å². The van der Waals surface area contributed by atoms with Crippen molar-refractivity contribution < 1.29 is 4.39 Å². The van der Waals surface area contributed by atoms with Gasteiger partial charge in [0.1, 0.15) is 5.82 Å². The summed E-state index contributed by atoms with van der Waals surface area (Å²) in [5.41, 5.74) is 1.92. The quantitative estimate of drug-likeness (QED) is 0.743. The predicted octanol–water partition coefficient (Wildman–Crippen LogP) is 5.15. The molecule has 1 aliphatic rings. The van der Waals surface area contributed by atoms with Crippen LogP contribution in [0.4, 0.5) is 10.1 Å². The number of nitrogens with one attached hydrogen (secondary N) is 1. The zero-order valence-electron chi connectivity index (χ0n) is 12.4. The van der Waals surface area contributed by atoms with Crippen LogP contribution in [0.3, 0.4) is 0 Å². The van der Waals surface area contributed by atoms with Gasteiger partial charge < -0.3 is 5.32 Å². The van der Waals surface area contributed by atoms with Crippen LogP contribution in [0.25, 0.3) is 0 Å². The second-order valence-electron chi connectivity index (χ2n) is 6.37. The molecule has 0 spiro atoms. The van der Waals surface area contributed by atoms with Crippen LogP contribution in [0.1, 0.15) is 51.5 Å². The van der Waals surface area contributed by atoms with Crippen molar-refractivity contribution in [3.63, 3.8) is 0 Å². The number of halogens is 1. The number of rotatable bonds is 3. The largest absolute Gasteiger partial charge is 0.382 e. The molecule has 0 amide bonds. The first-order valence-corrected chi connectivity index (χ1v) is 7.58. The highest BCUT2D eigenvalue weighted by molar-refractivity contribution is 5.46. The monoisotopic (exact) mass is 263 g/mol. The SMILES string of the molecule is Cc1cc(F)cc(NC2CCCC(C(C)C)CC2)c1. The van der Waals surface area contributed by atoms with E-state index in [1.54, 1.807) is 12.1 Å². The molecule has 0 saturated heterocycles. The van der Waals surface area contributed by atoms with Gasteiger partial charge in [-0.3, -0.25) is 0 Å². The van der Waals surface area contributed by atoms with E-state index in [-0.39, 0.29) is 5.82 Å². The van der Waals surface area contributed by atoms with E-state index in [9.17, 15) is 4.39 Å². The normalized spacial score (nSPS) is 24.3. The van der Waals surface area contributed by atoms with Gasteiger partial charge in [0, 0.05) is 11.7 Å². The van der Waals surface area contributed by atoms with Gasteiger partial charge in [-0.15, -0.1) is 0 Å². The van der Waals surface area contributed by atoms with E-state index in [1.165, 1.54) is 32.1 Å². The van der Waals surface area contributed by atoms with Gasteiger partial charge in [0.25, 0.3) is 0 Å². The summed E-state index contributed by atoms with van der Waals surface area (Å²) >= 11 is 0. The first-order valence-electron chi connectivity index (χ1n) is 7.58. The number of hydrogen-bond acceptors (Lipinski definition) is 1. The van der Waals surface area contributed by atoms with Gasteiger partial charge in [0.15, 0.2) is 0 Å². The van der Waals surface area contributed by atoms with E-state index in [0.29, 0.717) is 6.04 Å². The van der Waals surface area contributed by atoms with Gasteiger partial charge >= 0.3 is 0 Å². The Bertz CT molecular complexity index is 393. The molecule has 0 radical (unpaired) electrons. The molecule has 1 aromatic rings. The zero-order valence-corrected chi connectivity index (χ0v) is 12.4. The average molecular weight is 263 g/mol. The maximum Gasteiger partial charge on any atom is 0.125 e. The standard InChI is InChI=1S/C17H26FN/c1-12(2)14-5-4-6-16(8-7-14)19-17-10-13(3)9-15(18)11-17/h9-12,14,16,19H,4-8H2,1-3H3. The summed E-state index contributed by atoms with van der Waals surface area (Å²) in [6, 6.07) is 5.73. The molecule has 1 nitrogen and oxygen atoms in total. The first kappa shape index (κ1) is 14.4. The molecule has 1 aliphatic carbocycles. The van der Waals surface area contributed by atoms with Crippen LogP contribution in [0, 0.1) is 24.6 Å². The molecular formula is C17H26FN. The summed E-state index contributed by atoms with van der Waals surface area (Å²) in [7, 11) is 0. The Hall–Kier alpha value is -1.05. The minimum absolute atomic E-state index is 0.142. The van der Waals surface area contributed by atoms with E-state index >= 15 is 0 Å². The second kappa shape index (κ2) is 6.40. The van der Waals surface area contributed by atoms with E-state index in [2.05, 4.69) is 19.2 Å². The molecule has 0 aliphatic heterocycles. The Morgan fingerprint density at radius 3 is 2.58 bits per heavy atom. The molecule has 106 valence electrons. The highest BCUT2D eigenvalue weighted by Gasteiger charge is 2.20. The van der Waals surface area contributed by atoms with Gasteiger partial charge in [-0.25, -0.2) is 4.39 Å². The third kappa shape index (κ3) is 4.22. The maximum absolute atomic E-state index is 13.4. The highest BCUT2D eigenvalue weighted by atomic mass is 19.1. The highest BCUT2D eigenvalue weighted by Crippen LogP contribution is 2.30. The van der Waals surface area contributed by atoms with Crippen LogP contribution >= 0.6 is 0 Å². The fourth-order valence-electron chi connectivity index (χ4n) is 3.20. The molecule has 1 N–H and O–H groups in total. The van der Waals surface area contributed by atoms with Crippen LogP contribution in [0.15, 0.2) is 18.2 Å². The predicted molar refractivity (Wildman–Crippen MR) is 80.0 cm³/mol. The summed E-state index contributed by atoms with van der Waals surface area (Å²) in [6.07, 6.45) is 6.34. The third-order valence-corrected chi connectivity index (χ3v) is 4.37. The molecule has 0 heterocycles. The van der Waals surface area contributed by atoms with Gasteiger partial charge in [-0.05, 0) is 61.8 Å². The smallest absolute Gasteiger partial charge is 0.125 e. The van der Waals surface area contributed by atoms with Gasteiger partial charge in [-0.1, -0.05) is 26.7 Å². The number of aryl methyl sites for hydroxylation is 1. The van der Waals surface area contributed by atoms with Crippen molar-refractivity contribution in [2.75, 3.05) is 5.32 Å². The van der Waals surface area contributed by atoms with Crippen LogP contribution in [0.2, 0.25) is 0 Å². The van der Waals surface area contributed by atoms with Crippen LogP contribution in [-0.4, -0.2) is 6.04 Å². The van der Waals surface area contributed by atoms with Crippen molar-refractivity contribution in [2.45, 2.75) is 58.9 Å². The van der Waals surface area contributed by atoms with Crippen molar-refractivity contribution in [3.05, 3.63) is 29.6 Å².